The smallest absolute Gasteiger partial charge is 0.410 e. The molecule has 4 aliphatic rings. The molecule has 250 valence electrons. The maximum absolute atomic E-state index is 12.9. The maximum atomic E-state index is 12.9. The van der Waals surface area contributed by atoms with Gasteiger partial charge in [0, 0.05) is 25.7 Å². The standard InChI is InChI=1S/C29H42N2O4.C7H16.C2H6/c1-3-4-15-31(19-32)21-12-16-30(17-13-21)28(34)35-22-6-8-23-20(18-22)5-7-25-24(23)11-14-29(2)26(25)9-10-27(29)33;1-5-7(3,4)6-2;1-2/h6,8,18-19,21,24-27,33H,3-5,7,9-17H2,1-2H3;5-6H2,1-4H3;1-2H3. The van der Waals surface area contributed by atoms with Gasteiger partial charge < -0.3 is 19.6 Å². The van der Waals surface area contributed by atoms with E-state index in [2.05, 4.69) is 53.7 Å². The van der Waals surface area contributed by atoms with Crippen LogP contribution in [0.25, 0.3) is 0 Å². The summed E-state index contributed by atoms with van der Waals surface area (Å²) in [4.78, 5) is 28.0. The average Bonchev–Trinajstić information content (AvgIpc) is 3.36. The third-order valence-corrected chi connectivity index (χ3v) is 11.9. The van der Waals surface area contributed by atoms with Crippen LogP contribution in [0.3, 0.4) is 0 Å². The van der Waals surface area contributed by atoms with Gasteiger partial charge >= 0.3 is 6.09 Å². The van der Waals surface area contributed by atoms with Gasteiger partial charge in [0.1, 0.15) is 5.75 Å². The van der Waals surface area contributed by atoms with Gasteiger partial charge in [0.15, 0.2) is 0 Å². The summed E-state index contributed by atoms with van der Waals surface area (Å²) < 4.78 is 5.81. The van der Waals surface area contributed by atoms with E-state index in [1.807, 2.05) is 24.8 Å². The molecule has 1 aliphatic heterocycles. The van der Waals surface area contributed by atoms with Crippen molar-refractivity contribution in [3.63, 3.8) is 0 Å². The number of likely N-dealkylation sites (tertiary alicyclic amines) is 1. The van der Waals surface area contributed by atoms with Crippen molar-refractivity contribution >= 4 is 12.5 Å². The zero-order chi connectivity index (χ0) is 32.5. The number of unbranched alkanes of at least 4 members (excludes halogenated alkanes) is 1. The molecule has 5 rings (SSSR count). The van der Waals surface area contributed by atoms with E-state index >= 15 is 0 Å². The lowest BCUT2D eigenvalue weighted by molar-refractivity contribution is -0.121. The molecule has 0 aromatic heterocycles. The van der Waals surface area contributed by atoms with Crippen molar-refractivity contribution in [1.29, 1.82) is 0 Å². The highest BCUT2D eigenvalue weighted by molar-refractivity contribution is 5.71. The van der Waals surface area contributed by atoms with Crippen LogP contribution in [0.15, 0.2) is 18.2 Å². The Morgan fingerprint density at radius 1 is 1.07 bits per heavy atom. The summed E-state index contributed by atoms with van der Waals surface area (Å²) in [6.45, 7) is 19.6. The fraction of sp³-hybridized carbons (Fsp3) is 0.789. The second-order valence-corrected chi connectivity index (χ2v) is 14.6. The molecule has 1 aromatic rings. The summed E-state index contributed by atoms with van der Waals surface area (Å²) in [6, 6.07) is 6.48. The summed E-state index contributed by atoms with van der Waals surface area (Å²) in [5, 5.41) is 10.6. The van der Waals surface area contributed by atoms with Gasteiger partial charge in [-0.2, -0.15) is 0 Å². The fourth-order valence-electron chi connectivity index (χ4n) is 8.05. The number of carbonyl (C=O) groups excluding carboxylic acids is 2. The van der Waals surface area contributed by atoms with Crippen LogP contribution in [0.1, 0.15) is 143 Å². The van der Waals surface area contributed by atoms with Crippen LogP contribution in [-0.4, -0.2) is 59.2 Å². The van der Waals surface area contributed by atoms with Crippen molar-refractivity contribution in [3.05, 3.63) is 29.3 Å². The van der Waals surface area contributed by atoms with Gasteiger partial charge in [0.2, 0.25) is 6.41 Å². The highest BCUT2D eigenvalue weighted by Crippen LogP contribution is 2.60. The number of rotatable bonds is 8. The highest BCUT2D eigenvalue weighted by Gasteiger charge is 2.54. The molecule has 2 amide bonds. The Labute approximate surface area is 269 Å². The van der Waals surface area contributed by atoms with Crippen molar-refractivity contribution in [2.75, 3.05) is 19.6 Å². The zero-order valence-electron chi connectivity index (χ0n) is 29.4. The maximum Gasteiger partial charge on any atom is 0.415 e. The first kappa shape index (κ1) is 36.4. The number of hydrogen-bond donors (Lipinski definition) is 1. The summed E-state index contributed by atoms with van der Waals surface area (Å²) in [6.07, 6.45) is 13.4. The molecule has 6 nitrogen and oxygen atoms in total. The number of hydrogen-bond acceptors (Lipinski definition) is 4. The summed E-state index contributed by atoms with van der Waals surface area (Å²) in [5.41, 5.74) is 3.45. The van der Waals surface area contributed by atoms with Crippen LogP contribution in [0.4, 0.5) is 4.79 Å². The number of piperidine rings is 1. The van der Waals surface area contributed by atoms with Crippen LogP contribution in [-0.2, 0) is 11.2 Å². The van der Waals surface area contributed by atoms with Gasteiger partial charge in [-0.05, 0) is 110 Å². The molecule has 0 spiro atoms. The molecule has 5 atom stereocenters. The minimum absolute atomic E-state index is 0.0976. The molecule has 0 radical (unpaired) electrons. The van der Waals surface area contributed by atoms with Gasteiger partial charge in [0.05, 0.1) is 6.10 Å². The number of aliphatic hydroxyl groups excluding tert-OH is 1. The van der Waals surface area contributed by atoms with Crippen LogP contribution in [0.5, 0.6) is 5.75 Å². The first-order valence-corrected chi connectivity index (χ1v) is 18.1. The molecule has 1 heterocycles. The van der Waals surface area contributed by atoms with E-state index < -0.39 is 0 Å². The number of nitrogens with zero attached hydrogens (tertiary/aromatic N) is 2. The minimum Gasteiger partial charge on any atom is -0.410 e. The van der Waals surface area contributed by atoms with Gasteiger partial charge in [0.25, 0.3) is 0 Å². The predicted molar refractivity (Wildman–Crippen MR) is 181 cm³/mol. The van der Waals surface area contributed by atoms with Gasteiger partial charge in [-0.3, -0.25) is 4.79 Å². The number of amides is 2. The lowest BCUT2D eigenvalue weighted by Crippen LogP contribution is -2.47. The van der Waals surface area contributed by atoms with Crippen LogP contribution < -0.4 is 4.74 Å². The molecule has 1 aromatic carbocycles. The molecular weight excluding hydrogens is 548 g/mol. The van der Waals surface area contributed by atoms with Gasteiger partial charge in [-0.1, -0.05) is 80.7 Å². The van der Waals surface area contributed by atoms with Crippen LogP contribution >= 0.6 is 0 Å². The van der Waals surface area contributed by atoms with Crippen LogP contribution in [0, 0.1) is 22.7 Å². The molecule has 1 saturated heterocycles. The Balaban J connectivity index is 0.000000520. The van der Waals surface area contributed by atoms with E-state index in [9.17, 15) is 14.7 Å². The van der Waals surface area contributed by atoms with Gasteiger partial charge in [-0.15, -0.1) is 0 Å². The van der Waals surface area contributed by atoms with E-state index in [0.29, 0.717) is 42.0 Å². The quantitative estimate of drug-likeness (QED) is 0.298. The topological polar surface area (TPSA) is 70.1 Å². The predicted octanol–water partition coefficient (Wildman–Crippen LogP) is 8.98. The van der Waals surface area contributed by atoms with E-state index in [1.165, 1.54) is 30.4 Å². The molecule has 0 bridgehead atoms. The molecular formula is C38H64N2O4. The highest BCUT2D eigenvalue weighted by atomic mass is 16.6. The molecule has 2 saturated carbocycles. The average molecular weight is 613 g/mol. The monoisotopic (exact) mass is 612 g/mol. The van der Waals surface area contributed by atoms with Crippen molar-refractivity contribution in [2.45, 2.75) is 151 Å². The molecule has 3 aliphatic carbocycles. The number of carbonyl (C=O) groups is 2. The van der Waals surface area contributed by atoms with Crippen molar-refractivity contribution < 1.29 is 19.4 Å². The number of ether oxygens (including phenoxy) is 1. The molecule has 3 fully saturated rings. The third kappa shape index (κ3) is 8.39. The Morgan fingerprint density at radius 3 is 2.34 bits per heavy atom. The molecule has 1 N–H and O–H groups in total. The normalized spacial score (nSPS) is 27.8. The Hall–Kier alpha value is -2.08. The second-order valence-electron chi connectivity index (χ2n) is 14.6. The SMILES string of the molecule is CC.CCC(C)(C)CC.CCCCN(C=O)C1CCN(C(=O)Oc2ccc3c(c2)CCC2C3CCC3(C)C(O)CCC23)CC1. The van der Waals surface area contributed by atoms with E-state index in [4.69, 9.17) is 4.74 Å². The van der Waals surface area contributed by atoms with E-state index in [0.717, 1.165) is 70.7 Å². The van der Waals surface area contributed by atoms with Crippen molar-refractivity contribution in [1.82, 2.24) is 9.80 Å². The second kappa shape index (κ2) is 16.5. The summed E-state index contributed by atoms with van der Waals surface area (Å²) in [7, 11) is 0. The van der Waals surface area contributed by atoms with E-state index in [-0.39, 0.29) is 23.7 Å². The minimum atomic E-state index is -0.281. The lowest BCUT2D eigenvalue weighted by Gasteiger charge is -2.50. The van der Waals surface area contributed by atoms with Crippen molar-refractivity contribution in [3.8, 4) is 5.75 Å². The Morgan fingerprint density at radius 2 is 1.75 bits per heavy atom. The zero-order valence-corrected chi connectivity index (χ0v) is 29.4. The number of aliphatic hydroxyl groups is 1. The first-order chi connectivity index (χ1) is 21.1. The molecule has 6 heteroatoms. The molecule has 5 unspecified atom stereocenters. The van der Waals surface area contributed by atoms with Gasteiger partial charge in [-0.25, -0.2) is 4.79 Å². The van der Waals surface area contributed by atoms with Crippen LogP contribution in [0.2, 0.25) is 0 Å². The lowest BCUT2D eigenvalue weighted by atomic mass is 9.55. The number of fused-ring (bicyclic) bond motifs is 5. The number of aryl methyl sites for hydroxylation is 1. The number of benzene rings is 1. The largest absolute Gasteiger partial charge is 0.415 e. The first-order valence-electron chi connectivity index (χ1n) is 18.1. The Bertz CT molecular complexity index is 1040. The third-order valence-electron chi connectivity index (χ3n) is 11.9. The van der Waals surface area contributed by atoms with E-state index in [1.54, 1.807) is 4.90 Å². The fourth-order valence-corrected chi connectivity index (χ4v) is 8.05. The summed E-state index contributed by atoms with van der Waals surface area (Å²) in [5.74, 6) is 2.50. The van der Waals surface area contributed by atoms with Crippen molar-refractivity contribution in [2.24, 2.45) is 22.7 Å². The molecule has 44 heavy (non-hydrogen) atoms. The summed E-state index contributed by atoms with van der Waals surface area (Å²) >= 11 is 0. The Kier molecular flexibility index (Phi) is 13.6.